The van der Waals surface area contributed by atoms with Crippen LogP contribution in [0.2, 0.25) is 0 Å². The summed E-state index contributed by atoms with van der Waals surface area (Å²) < 4.78 is 0. The van der Waals surface area contributed by atoms with Gasteiger partial charge in [-0.1, -0.05) is 11.8 Å². The molecule has 1 atom stereocenters. The monoisotopic (exact) mass is 372 g/mol. The summed E-state index contributed by atoms with van der Waals surface area (Å²) in [5, 5.41) is 13.6. The number of nitrogens with one attached hydrogen (secondary N) is 2. The van der Waals surface area contributed by atoms with Crippen LogP contribution >= 0.6 is 11.8 Å². The van der Waals surface area contributed by atoms with E-state index in [0.29, 0.717) is 16.4 Å². The van der Waals surface area contributed by atoms with Gasteiger partial charge in [0.25, 0.3) is 0 Å². The highest BCUT2D eigenvalue weighted by molar-refractivity contribution is 8.15. The van der Waals surface area contributed by atoms with Crippen molar-refractivity contribution in [3.8, 4) is 0 Å². The van der Waals surface area contributed by atoms with Crippen LogP contribution in [-0.2, 0) is 9.59 Å². The highest BCUT2D eigenvalue weighted by Crippen LogP contribution is 2.24. The predicted molar refractivity (Wildman–Crippen MR) is 103 cm³/mol. The Morgan fingerprint density at radius 2 is 1.88 bits per heavy atom. The molecule has 1 aromatic carbocycles. The molecular formula is C18H20N4O3S. The van der Waals surface area contributed by atoms with Crippen LogP contribution in [0.4, 0.5) is 5.69 Å². The molecule has 3 rings (SSSR count). The third kappa shape index (κ3) is 4.78. The maximum absolute atomic E-state index is 12.2. The molecule has 1 aliphatic heterocycles. The summed E-state index contributed by atoms with van der Waals surface area (Å²) in [5.74, 6) is -0.533. The van der Waals surface area contributed by atoms with Gasteiger partial charge in [-0.15, -0.1) is 5.10 Å². The van der Waals surface area contributed by atoms with E-state index in [-0.39, 0.29) is 24.0 Å². The second kappa shape index (κ2) is 8.27. The average molecular weight is 372 g/mol. The van der Waals surface area contributed by atoms with Gasteiger partial charge < -0.3 is 10.6 Å². The molecule has 2 fully saturated rings. The maximum atomic E-state index is 12.2. The third-order valence-corrected chi connectivity index (χ3v) is 5.26. The minimum atomic E-state index is -0.519. The number of benzene rings is 1. The SMILES string of the molecule is CC(=O)c1ccc(NC(=O)CC2SC(=NN=C3CCCC3)NC2=O)cc1. The van der Waals surface area contributed by atoms with Crippen LogP contribution in [-0.4, -0.2) is 33.7 Å². The number of hydrogen-bond donors (Lipinski definition) is 2. The Morgan fingerprint density at radius 1 is 1.19 bits per heavy atom. The fourth-order valence-electron chi connectivity index (χ4n) is 2.75. The number of ketones is 1. The van der Waals surface area contributed by atoms with E-state index >= 15 is 0 Å². The van der Waals surface area contributed by atoms with Crippen LogP contribution in [0.1, 0.15) is 49.4 Å². The normalized spacial score (nSPS) is 21.0. The van der Waals surface area contributed by atoms with Gasteiger partial charge in [0.2, 0.25) is 11.8 Å². The zero-order chi connectivity index (χ0) is 18.5. The standard InChI is InChI=1S/C18H20N4O3S/c1-11(23)12-6-8-13(9-7-12)19-16(24)10-15-17(25)20-18(26-15)22-21-14-4-2-3-5-14/h6-9,15H,2-5,10H2,1H3,(H,19,24)(H,20,22,25). The minimum absolute atomic E-state index is 0.0325. The molecule has 0 bridgehead atoms. The van der Waals surface area contributed by atoms with E-state index < -0.39 is 5.25 Å². The third-order valence-electron chi connectivity index (χ3n) is 4.19. The molecule has 2 aliphatic rings. The Kier molecular flexibility index (Phi) is 5.82. The van der Waals surface area contributed by atoms with Crippen LogP contribution in [0.15, 0.2) is 34.5 Å². The molecule has 0 aromatic heterocycles. The molecule has 1 aliphatic carbocycles. The van der Waals surface area contributed by atoms with Gasteiger partial charge in [-0.25, -0.2) is 0 Å². The highest BCUT2D eigenvalue weighted by Gasteiger charge is 2.32. The molecule has 8 heteroatoms. The summed E-state index contributed by atoms with van der Waals surface area (Å²) in [6, 6.07) is 6.64. The molecule has 2 amide bonds. The fourth-order valence-corrected chi connectivity index (χ4v) is 3.67. The summed E-state index contributed by atoms with van der Waals surface area (Å²) in [4.78, 5) is 35.4. The zero-order valence-electron chi connectivity index (χ0n) is 14.4. The number of rotatable bonds is 5. The van der Waals surface area contributed by atoms with E-state index in [1.54, 1.807) is 24.3 Å². The van der Waals surface area contributed by atoms with Crippen LogP contribution in [0, 0.1) is 0 Å². The molecule has 0 radical (unpaired) electrons. The number of Topliss-reactive ketones (excluding diaryl/α,β-unsaturated/α-hetero) is 1. The van der Waals surface area contributed by atoms with E-state index in [1.807, 2.05) is 0 Å². The molecule has 0 spiro atoms. The largest absolute Gasteiger partial charge is 0.326 e. The molecule has 7 nitrogen and oxygen atoms in total. The fraction of sp³-hybridized carbons (Fsp3) is 0.389. The van der Waals surface area contributed by atoms with Gasteiger partial charge >= 0.3 is 0 Å². The molecule has 1 saturated heterocycles. The smallest absolute Gasteiger partial charge is 0.240 e. The maximum Gasteiger partial charge on any atom is 0.240 e. The first-order chi connectivity index (χ1) is 12.5. The van der Waals surface area contributed by atoms with Crippen molar-refractivity contribution in [2.45, 2.75) is 44.3 Å². The van der Waals surface area contributed by atoms with E-state index in [0.717, 1.165) is 31.4 Å². The number of nitrogens with zero attached hydrogens (tertiary/aromatic N) is 2. The van der Waals surface area contributed by atoms with Crippen LogP contribution < -0.4 is 10.6 Å². The lowest BCUT2D eigenvalue weighted by Crippen LogP contribution is -2.28. The summed E-state index contributed by atoms with van der Waals surface area (Å²) in [6.07, 6.45) is 4.24. The quantitative estimate of drug-likeness (QED) is 0.613. The van der Waals surface area contributed by atoms with Crippen LogP contribution in [0.5, 0.6) is 0 Å². The number of amidine groups is 1. The number of amides is 2. The van der Waals surface area contributed by atoms with Gasteiger partial charge in [0, 0.05) is 23.4 Å². The molecule has 1 heterocycles. The van der Waals surface area contributed by atoms with Crippen molar-refractivity contribution < 1.29 is 14.4 Å². The van der Waals surface area contributed by atoms with E-state index in [2.05, 4.69) is 20.8 Å². The second-order valence-electron chi connectivity index (χ2n) is 6.26. The molecule has 136 valence electrons. The van der Waals surface area contributed by atoms with E-state index in [1.165, 1.54) is 18.7 Å². The number of anilines is 1. The van der Waals surface area contributed by atoms with Gasteiger partial charge in [-0.3, -0.25) is 14.4 Å². The second-order valence-corrected chi connectivity index (χ2v) is 7.45. The Hall–Kier alpha value is -2.48. The van der Waals surface area contributed by atoms with Crippen molar-refractivity contribution in [3.63, 3.8) is 0 Å². The highest BCUT2D eigenvalue weighted by atomic mass is 32.2. The minimum Gasteiger partial charge on any atom is -0.326 e. The van der Waals surface area contributed by atoms with E-state index in [9.17, 15) is 14.4 Å². The van der Waals surface area contributed by atoms with Crippen LogP contribution in [0.3, 0.4) is 0 Å². The lowest BCUT2D eigenvalue weighted by molar-refractivity contribution is -0.122. The summed E-state index contributed by atoms with van der Waals surface area (Å²) in [5.41, 5.74) is 2.23. The Labute approximate surface area is 155 Å². The van der Waals surface area contributed by atoms with Gasteiger partial charge in [-0.05, 0) is 56.9 Å². The van der Waals surface area contributed by atoms with Crippen molar-refractivity contribution in [2.75, 3.05) is 5.32 Å². The molecular weight excluding hydrogens is 352 g/mol. The zero-order valence-corrected chi connectivity index (χ0v) is 15.3. The number of hydrogen-bond acceptors (Lipinski definition) is 6. The Balaban J connectivity index is 1.54. The summed E-state index contributed by atoms with van der Waals surface area (Å²) >= 11 is 1.22. The first-order valence-electron chi connectivity index (χ1n) is 8.53. The molecule has 26 heavy (non-hydrogen) atoms. The molecule has 1 aromatic rings. The predicted octanol–water partition coefficient (Wildman–Crippen LogP) is 2.74. The molecule has 2 N–H and O–H groups in total. The van der Waals surface area contributed by atoms with Gasteiger partial charge in [0.05, 0.1) is 0 Å². The van der Waals surface area contributed by atoms with Crippen molar-refractivity contribution in [1.82, 2.24) is 5.32 Å². The van der Waals surface area contributed by atoms with Crippen molar-refractivity contribution in [1.29, 1.82) is 0 Å². The number of thioether (sulfide) groups is 1. The number of carbonyl (C=O) groups excluding carboxylic acids is 3. The molecule has 1 unspecified atom stereocenters. The van der Waals surface area contributed by atoms with E-state index in [4.69, 9.17) is 0 Å². The average Bonchev–Trinajstić information content (AvgIpc) is 3.23. The summed E-state index contributed by atoms with van der Waals surface area (Å²) in [6.45, 7) is 1.49. The lowest BCUT2D eigenvalue weighted by Gasteiger charge is -2.07. The topological polar surface area (TPSA) is 100.0 Å². The molecule has 1 saturated carbocycles. The Morgan fingerprint density at radius 3 is 2.54 bits per heavy atom. The van der Waals surface area contributed by atoms with Gasteiger partial charge in [-0.2, -0.15) is 5.10 Å². The van der Waals surface area contributed by atoms with Crippen LogP contribution in [0.25, 0.3) is 0 Å². The first kappa shape index (κ1) is 18.3. The van der Waals surface area contributed by atoms with Gasteiger partial charge in [0.15, 0.2) is 11.0 Å². The van der Waals surface area contributed by atoms with Gasteiger partial charge in [0.1, 0.15) is 5.25 Å². The van der Waals surface area contributed by atoms with Crippen molar-refractivity contribution >= 4 is 45.9 Å². The van der Waals surface area contributed by atoms with Crippen molar-refractivity contribution in [2.24, 2.45) is 10.2 Å². The lowest BCUT2D eigenvalue weighted by atomic mass is 10.1. The number of carbonyl (C=O) groups is 3. The first-order valence-corrected chi connectivity index (χ1v) is 9.41. The Bertz CT molecular complexity index is 778. The van der Waals surface area contributed by atoms with Crippen molar-refractivity contribution in [3.05, 3.63) is 29.8 Å². The summed E-state index contributed by atoms with van der Waals surface area (Å²) in [7, 11) is 0.